The van der Waals surface area contributed by atoms with E-state index < -0.39 is 5.60 Å². The molecule has 0 atom stereocenters. The molecule has 2 heterocycles. The van der Waals surface area contributed by atoms with Crippen molar-refractivity contribution in [3.63, 3.8) is 0 Å². The number of nitrogens with zero attached hydrogens (tertiary/aromatic N) is 3. The van der Waals surface area contributed by atoms with Crippen LogP contribution in [0.1, 0.15) is 37.6 Å². The number of halogens is 1. The summed E-state index contributed by atoms with van der Waals surface area (Å²) in [6.45, 7) is 7.11. The van der Waals surface area contributed by atoms with Gasteiger partial charge >= 0.3 is 6.09 Å². The van der Waals surface area contributed by atoms with Crippen molar-refractivity contribution < 1.29 is 13.9 Å². The Morgan fingerprint density at radius 2 is 2.11 bits per heavy atom. The topological polar surface area (TPSA) is 67.3 Å². The van der Waals surface area contributed by atoms with Gasteiger partial charge in [0.1, 0.15) is 11.4 Å². The van der Waals surface area contributed by atoms with Crippen molar-refractivity contribution in [2.75, 3.05) is 18.4 Å². The van der Waals surface area contributed by atoms with Crippen LogP contribution in [0.4, 0.5) is 15.1 Å². The number of hydrogen-bond acceptors (Lipinski definition) is 5. The molecule has 144 valence electrons. The molecule has 3 rings (SSSR count). The van der Waals surface area contributed by atoms with Crippen molar-refractivity contribution in [2.24, 2.45) is 0 Å². The summed E-state index contributed by atoms with van der Waals surface area (Å²) in [5.74, 6) is 0.323. The number of carbonyl (C=O) groups excluding carboxylic acids is 1. The van der Waals surface area contributed by atoms with E-state index in [4.69, 9.17) is 4.74 Å². The van der Waals surface area contributed by atoms with Crippen LogP contribution in [0, 0.1) is 5.82 Å². The van der Waals surface area contributed by atoms with Gasteiger partial charge in [-0.1, -0.05) is 18.2 Å². The molecule has 1 aromatic heterocycles. The van der Waals surface area contributed by atoms with E-state index in [2.05, 4.69) is 15.3 Å². The van der Waals surface area contributed by atoms with Crippen molar-refractivity contribution in [3.8, 4) is 0 Å². The molecular formula is C20H25FN4O2. The van der Waals surface area contributed by atoms with Crippen molar-refractivity contribution >= 4 is 12.0 Å². The Hall–Kier alpha value is -2.70. The molecule has 1 amide bonds. The maximum Gasteiger partial charge on any atom is 0.410 e. The molecule has 7 heteroatoms. The first-order valence-corrected chi connectivity index (χ1v) is 9.12. The van der Waals surface area contributed by atoms with E-state index in [0.29, 0.717) is 44.0 Å². The molecule has 0 unspecified atom stereocenters. The average molecular weight is 372 g/mol. The van der Waals surface area contributed by atoms with E-state index in [1.807, 2.05) is 26.8 Å². The lowest BCUT2D eigenvalue weighted by molar-refractivity contribution is 0.0222. The summed E-state index contributed by atoms with van der Waals surface area (Å²) in [6, 6.07) is 6.74. The van der Waals surface area contributed by atoms with Gasteiger partial charge in [-0.05, 0) is 38.8 Å². The van der Waals surface area contributed by atoms with Gasteiger partial charge in [0.25, 0.3) is 0 Å². The molecule has 1 N–H and O–H groups in total. The lowest BCUT2D eigenvalue weighted by atomic mass is 10.1. The SMILES string of the molecule is CC(C)(C)OC(=O)N1CCc2nc(NCCc3ccccc3F)ncc2C1. The number of hydrogen-bond donors (Lipinski definition) is 1. The summed E-state index contributed by atoms with van der Waals surface area (Å²) in [7, 11) is 0. The third kappa shape index (κ3) is 5.15. The summed E-state index contributed by atoms with van der Waals surface area (Å²) >= 11 is 0. The van der Waals surface area contributed by atoms with Gasteiger partial charge in [-0.3, -0.25) is 0 Å². The Morgan fingerprint density at radius 3 is 2.85 bits per heavy atom. The minimum atomic E-state index is -0.514. The molecule has 0 saturated carbocycles. The van der Waals surface area contributed by atoms with Gasteiger partial charge in [0, 0.05) is 31.3 Å². The maximum absolute atomic E-state index is 13.6. The molecule has 0 bridgehead atoms. The molecule has 0 fully saturated rings. The van der Waals surface area contributed by atoms with E-state index in [0.717, 1.165) is 11.3 Å². The smallest absolute Gasteiger partial charge is 0.410 e. The zero-order valence-corrected chi connectivity index (χ0v) is 16.0. The Balaban J connectivity index is 1.57. The molecule has 1 aliphatic heterocycles. The molecule has 1 aliphatic rings. The lowest BCUT2D eigenvalue weighted by Gasteiger charge is -2.30. The third-order valence-corrected chi connectivity index (χ3v) is 4.22. The van der Waals surface area contributed by atoms with Gasteiger partial charge in [-0.25, -0.2) is 19.2 Å². The number of rotatable bonds is 4. The fourth-order valence-corrected chi connectivity index (χ4v) is 2.89. The first-order chi connectivity index (χ1) is 12.8. The molecule has 0 spiro atoms. The van der Waals surface area contributed by atoms with Gasteiger partial charge in [0.15, 0.2) is 0 Å². The number of benzene rings is 1. The van der Waals surface area contributed by atoms with Crippen molar-refractivity contribution in [2.45, 2.75) is 45.8 Å². The van der Waals surface area contributed by atoms with Gasteiger partial charge in [0.05, 0.1) is 12.2 Å². The standard InChI is InChI=1S/C20H25FN4O2/c1-20(2,3)27-19(26)25-11-9-17-15(13-25)12-23-18(24-17)22-10-8-14-6-4-5-7-16(14)21/h4-7,12H,8-11,13H2,1-3H3,(H,22,23,24). The lowest BCUT2D eigenvalue weighted by Crippen LogP contribution is -2.40. The highest BCUT2D eigenvalue weighted by Gasteiger charge is 2.26. The fraction of sp³-hybridized carbons (Fsp3) is 0.450. The monoisotopic (exact) mass is 372 g/mol. The van der Waals surface area contributed by atoms with E-state index in [9.17, 15) is 9.18 Å². The number of amides is 1. The van der Waals surface area contributed by atoms with Crippen LogP contribution in [-0.2, 0) is 24.1 Å². The largest absolute Gasteiger partial charge is 0.444 e. The van der Waals surface area contributed by atoms with Crippen LogP contribution in [0.2, 0.25) is 0 Å². The molecular weight excluding hydrogens is 347 g/mol. The van der Waals surface area contributed by atoms with E-state index in [-0.39, 0.29) is 11.9 Å². The van der Waals surface area contributed by atoms with Crippen LogP contribution in [0.3, 0.4) is 0 Å². The Labute approximate surface area is 158 Å². The highest BCUT2D eigenvalue weighted by Crippen LogP contribution is 2.20. The van der Waals surface area contributed by atoms with Crippen molar-refractivity contribution in [1.29, 1.82) is 0 Å². The number of anilines is 1. The summed E-state index contributed by atoms with van der Waals surface area (Å²) in [4.78, 5) is 22.7. The summed E-state index contributed by atoms with van der Waals surface area (Å²) in [6.07, 6.45) is 2.63. The highest BCUT2D eigenvalue weighted by molar-refractivity contribution is 5.68. The Bertz CT molecular complexity index is 820. The first-order valence-electron chi connectivity index (χ1n) is 9.12. The van der Waals surface area contributed by atoms with Crippen molar-refractivity contribution in [3.05, 3.63) is 53.1 Å². The van der Waals surface area contributed by atoms with Crippen LogP contribution in [0.5, 0.6) is 0 Å². The van der Waals surface area contributed by atoms with Gasteiger partial charge < -0.3 is 15.0 Å². The Morgan fingerprint density at radius 1 is 1.33 bits per heavy atom. The van der Waals surface area contributed by atoms with Gasteiger partial charge in [0.2, 0.25) is 5.95 Å². The quantitative estimate of drug-likeness (QED) is 0.889. The van der Waals surface area contributed by atoms with Crippen LogP contribution in [-0.4, -0.2) is 39.7 Å². The fourth-order valence-electron chi connectivity index (χ4n) is 2.89. The molecule has 2 aromatic rings. The third-order valence-electron chi connectivity index (χ3n) is 4.22. The Kier molecular flexibility index (Phi) is 5.58. The molecule has 0 aliphatic carbocycles. The number of carbonyl (C=O) groups is 1. The molecule has 0 radical (unpaired) electrons. The van der Waals surface area contributed by atoms with Gasteiger partial charge in [-0.15, -0.1) is 0 Å². The number of aromatic nitrogens is 2. The van der Waals surface area contributed by atoms with Crippen LogP contribution in [0.25, 0.3) is 0 Å². The van der Waals surface area contributed by atoms with Crippen LogP contribution >= 0.6 is 0 Å². The van der Waals surface area contributed by atoms with E-state index in [1.54, 1.807) is 23.2 Å². The normalized spacial score (nSPS) is 13.9. The molecule has 6 nitrogen and oxygen atoms in total. The second kappa shape index (κ2) is 7.90. The first kappa shape index (κ1) is 19.1. The number of nitrogens with one attached hydrogen (secondary N) is 1. The summed E-state index contributed by atoms with van der Waals surface area (Å²) < 4.78 is 19.1. The minimum Gasteiger partial charge on any atom is -0.444 e. The predicted octanol–water partition coefficient (Wildman–Crippen LogP) is 3.56. The zero-order valence-electron chi connectivity index (χ0n) is 16.0. The van der Waals surface area contributed by atoms with Gasteiger partial charge in [-0.2, -0.15) is 0 Å². The molecule has 1 aromatic carbocycles. The zero-order chi connectivity index (χ0) is 19.4. The molecule has 27 heavy (non-hydrogen) atoms. The van der Waals surface area contributed by atoms with E-state index >= 15 is 0 Å². The predicted molar refractivity (Wildman–Crippen MR) is 101 cm³/mol. The van der Waals surface area contributed by atoms with E-state index in [1.165, 1.54) is 6.07 Å². The highest BCUT2D eigenvalue weighted by atomic mass is 19.1. The number of fused-ring (bicyclic) bond motifs is 1. The average Bonchev–Trinajstić information content (AvgIpc) is 2.61. The summed E-state index contributed by atoms with van der Waals surface area (Å²) in [5.41, 5.74) is 2.00. The maximum atomic E-state index is 13.6. The van der Waals surface area contributed by atoms with Crippen LogP contribution in [0.15, 0.2) is 30.5 Å². The number of ether oxygens (including phenoxy) is 1. The second-order valence-electron chi connectivity index (χ2n) is 7.59. The molecule has 0 saturated heterocycles. The summed E-state index contributed by atoms with van der Waals surface area (Å²) in [5, 5.41) is 3.14. The second-order valence-corrected chi connectivity index (χ2v) is 7.59. The van der Waals surface area contributed by atoms with Crippen LogP contribution < -0.4 is 5.32 Å². The minimum absolute atomic E-state index is 0.201. The van der Waals surface area contributed by atoms with Crippen molar-refractivity contribution in [1.82, 2.24) is 14.9 Å².